The Labute approximate surface area is 162 Å². The Bertz CT molecular complexity index is 839. The molecule has 1 atom stereocenters. The van der Waals surface area contributed by atoms with E-state index in [0.29, 0.717) is 23.1 Å². The molecular formula is C16H18F3N5O3S. The van der Waals surface area contributed by atoms with Gasteiger partial charge in [-0.1, -0.05) is 11.8 Å². The van der Waals surface area contributed by atoms with Crippen LogP contribution >= 0.6 is 11.8 Å². The first kappa shape index (κ1) is 21.5. The molecule has 0 aliphatic heterocycles. The topological polar surface area (TPSA) is 112 Å². The smallest absolute Gasteiger partial charge is 0.406 e. The number of nitrogens with two attached hydrogens (primary N) is 1. The Morgan fingerprint density at radius 3 is 2.50 bits per heavy atom. The number of anilines is 1. The third-order valence-electron chi connectivity index (χ3n) is 3.53. The molecule has 1 heterocycles. The molecule has 152 valence electrons. The third kappa shape index (κ3) is 6.44. The number of thioether (sulfide) groups is 1. The van der Waals surface area contributed by atoms with Crippen LogP contribution < -0.4 is 15.8 Å². The van der Waals surface area contributed by atoms with E-state index in [-0.39, 0.29) is 18.1 Å². The standard InChI is InChI=1S/C16H18F3N5O3S/c1-9(28-15-23-22-13(24(15)2)8-7-12(20)25)14(26)21-10-3-5-11(6-4-10)27-16(17,18)19/h3-6,9H,7-8H2,1-2H3,(H2,20,25)(H,21,26)/t9-/m0/s1. The molecule has 0 saturated heterocycles. The van der Waals surface area contributed by atoms with Gasteiger partial charge < -0.3 is 20.4 Å². The van der Waals surface area contributed by atoms with E-state index in [4.69, 9.17) is 5.73 Å². The zero-order chi connectivity index (χ0) is 20.9. The molecule has 0 unspecified atom stereocenters. The Kier molecular flexibility index (Phi) is 6.89. The molecule has 0 saturated carbocycles. The highest BCUT2D eigenvalue weighted by Gasteiger charge is 2.31. The minimum Gasteiger partial charge on any atom is -0.406 e. The van der Waals surface area contributed by atoms with Crippen molar-refractivity contribution in [1.29, 1.82) is 0 Å². The molecule has 1 aromatic heterocycles. The molecule has 1 aromatic carbocycles. The molecule has 2 rings (SSSR count). The van der Waals surface area contributed by atoms with Crippen LogP contribution in [0.25, 0.3) is 0 Å². The summed E-state index contributed by atoms with van der Waals surface area (Å²) < 4.78 is 41.9. The van der Waals surface area contributed by atoms with E-state index in [1.807, 2.05) is 0 Å². The normalized spacial score (nSPS) is 12.5. The first-order valence-electron chi connectivity index (χ1n) is 8.05. The van der Waals surface area contributed by atoms with Crippen LogP contribution in [0.5, 0.6) is 5.75 Å². The van der Waals surface area contributed by atoms with Crippen molar-refractivity contribution in [2.24, 2.45) is 12.8 Å². The molecule has 0 radical (unpaired) electrons. The maximum atomic E-state index is 12.3. The van der Waals surface area contributed by atoms with Gasteiger partial charge in [0.15, 0.2) is 5.16 Å². The van der Waals surface area contributed by atoms with Crippen molar-refractivity contribution in [2.75, 3.05) is 5.32 Å². The lowest BCUT2D eigenvalue weighted by Crippen LogP contribution is -2.23. The predicted octanol–water partition coefficient (Wildman–Crippen LogP) is 2.25. The maximum absolute atomic E-state index is 12.3. The number of carbonyl (C=O) groups excluding carboxylic acids is 2. The summed E-state index contributed by atoms with van der Waals surface area (Å²) >= 11 is 1.15. The van der Waals surface area contributed by atoms with Gasteiger partial charge in [0.05, 0.1) is 5.25 Å². The van der Waals surface area contributed by atoms with Gasteiger partial charge in [0.25, 0.3) is 0 Å². The van der Waals surface area contributed by atoms with E-state index in [2.05, 4.69) is 20.3 Å². The molecule has 2 aromatic rings. The Balaban J connectivity index is 1.93. The molecule has 2 amide bonds. The van der Waals surface area contributed by atoms with E-state index in [1.165, 1.54) is 12.1 Å². The number of hydrogen-bond acceptors (Lipinski definition) is 6. The van der Waals surface area contributed by atoms with Gasteiger partial charge in [0.2, 0.25) is 11.8 Å². The summed E-state index contributed by atoms with van der Waals surface area (Å²) in [6.45, 7) is 1.65. The Morgan fingerprint density at radius 2 is 1.93 bits per heavy atom. The number of amides is 2. The molecule has 0 spiro atoms. The highest BCUT2D eigenvalue weighted by molar-refractivity contribution is 8.00. The van der Waals surface area contributed by atoms with Crippen molar-refractivity contribution in [2.45, 2.75) is 36.5 Å². The second-order valence-corrected chi connectivity index (χ2v) is 7.05. The summed E-state index contributed by atoms with van der Waals surface area (Å²) in [6.07, 6.45) is -4.30. The minimum atomic E-state index is -4.78. The van der Waals surface area contributed by atoms with E-state index < -0.39 is 17.5 Å². The van der Waals surface area contributed by atoms with Gasteiger partial charge in [0.1, 0.15) is 11.6 Å². The highest BCUT2D eigenvalue weighted by atomic mass is 32.2. The van der Waals surface area contributed by atoms with Crippen molar-refractivity contribution in [3.63, 3.8) is 0 Å². The fourth-order valence-corrected chi connectivity index (χ4v) is 2.93. The number of hydrogen-bond donors (Lipinski definition) is 2. The number of nitrogens with one attached hydrogen (secondary N) is 1. The largest absolute Gasteiger partial charge is 0.573 e. The average Bonchev–Trinajstić information content (AvgIpc) is 2.93. The van der Waals surface area contributed by atoms with Gasteiger partial charge in [0, 0.05) is 25.6 Å². The van der Waals surface area contributed by atoms with Gasteiger partial charge >= 0.3 is 6.36 Å². The quantitative estimate of drug-likeness (QED) is 0.637. The number of primary amides is 1. The van der Waals surface area contributed by atoms with Gasteiger partial charge in [-0.05, 0) is 31.2 Å². The lowest BCUT2D eigenvalue weighted by Gasteiger charge is -2.13. The molecule has 8 nitrogen and oxygen atoms in total. The van der Waals surface area contributed by atoms with Crippen LogP contribution in [0, 0.1) is 0 Å². The summed E-state index contributed by atoms with van der Waals surface area (Å²) in [5.41, 5.74) is 5.44. The molecular weight excluding hydrogens is 399 g/mol. The number of ether oxygens (including phenoxy) is 1. The van der Waals surface area contributed by atoms with Crippen LogP contribution in [0.1, 0.15) is 19.2 Å². The number of aryl methyl sites for hydroxylation is 1. The summed E-state index contributed by atoms with van der Waals surface area (Å²) in [5, 5.41) is 10.5. The zero-order valence-electron chi connectivity index (χ0n) is 15.0. The van der Waals surface area contributed by atoms with Crippen LogP contribution in [0.3, 0.4) is 0 Å². The molecule has 0 aliphatic rings. The molecule has 0 bridgehead atoms. The van der Waals surface area contributed by atoms with E-state index >= 15 is 0 Å². The van der Waals surface area contributed by atoms with E-state index in [1.54, 1.807) is 18.5 Å². The summed E-state index contributed by atoms with van der Waals surface area (Å²) in [7, 11) is 1.71. The summed E-state index contributed by atoms with van der Waals surface area (Å²) in [6, 6.07) is 4.82. The van der Waals surface area contributed by atoms with Crippen molar-refractivity contribution < 1.29 is 27.5 Å². The summed E-state index contributed by atoms with van der Waals surface area (Å²) in [5.74, 6) is -0.627. The first-order chi connectivity index (χ1) is 13.0. The first-order valence-corrected chi connectivity index (χ1v) is 8.93. The van der Waals surface area contributed by atoms with E-state index in [0.717, 1.165) is 23.9 Å². The van der Waals surface area contributed by atoms with Crippen molar-refractivity contribution >= 4 is 29.3 Å². The van der Waals surface area contributed by atoms with Crippen molar-refractivity contribution in [1.82, 2.24) is 14.8 Å². The fourth-order valence-electron chi connectivity index (χ4n) is 2.10. The van der Waals surface area contributed by atoms with Gasteiger partial charge in [-0.25, -0.2) is 0 Å². The van der Waals surface area contributed by atoms with Crippen LogP contribution in [-0.4, -0.2) is 38.2 Å². The molecule has 0 aliphatic carbocycles. The average molecular weight is 417 g/mol. The number of rotatable bonds is 8. The molecule has 28 heavy (non-hydrogen) atoms. The zero-order valence-corrected chi connectivity index (χ0v) is 15.8. The second-order valence-electron chi connectivity index (χ2n) is 5.75. The van der Waals surface area contributed by atoms with Crippen molar-refractivity contribution in [3.8, 4) is 5.75 Å². The molecule has 0 fully saturated rings. The van der Waals surface area contributed by atoms with Gasteiger partial charge in [-0.3, -0.25) is 9.59 Å². The van der Waals surface area contributed by atoms with Gasteiger partial charge in [-0.15, -0.1) is 23.4 Å². The predicted molar refractivity (Wildman–Crippen MR) is 95.6 cm³/mol. The van der Waals surface area contributed by atoms with Crippen LogP contribution in [-0.2, 0) is 23.1 Å². The van der Waals surface area contributed by atoms with Crippen LogP contribution in [0.15, 0.2) is 29.4 Å². The molecule has 12 heteroatoms. The summed E-state index contributed by atoms with van der Waals surface area (Å²) in [4.78, 5) is 23.2. The SMILES string of the molecule is C[C@H](Sc1nnc(CCC(N)=O)n1C)C(=O)Nc1ccc(OC(F)(F)F)cc1. The second kappa shape index (κ2) is 8.95. The fraction of sp³-hybridized carbons (Fsp3) is 0.375. The van der Waals surface area contributed by atoms with Crippen molar-refractivity contribution in [3.05, 3.63) is 30.1 Å². The Morgan fingerprint density at radius 1 is 1.29 bits per heavy atom. The van der Waals surface area contributed by atoms with Crippen LogP contribution in [0.2, 0.25) is 0 Å². The number of carbonyl (C=O) groups is 2. The molecule has 3 N–H and O–H groups in total. The minimum absolute atomic E-state index is 0.140. The number of alkyl halides is 3. The monoisotopic (exact) mass is 417 g/mol. The lowest BCUT2D eigenvalue weighted by atomic mass is 10.3. The number of aromatic nitrogens is 3. The van der Waals surface area contributed by atoms with Crippen LogP contribution in [0.4, 0.5) is 18.9 Å². The Hall–Kier alpha value is -2.76. The number of nitrogens with zero attached hydrogens (tertiary/aromatic N) is 3. The number of halogens is 3. The third-order valence-corrected chi connectivity index (χ3v) is 4.66. The number of benzene rings is 1. The maximum Gasteiger partial charge on any atom is 0.573 e. The highest BCUT2D eigenvalue weighted by Crippen LogP contribution is 2.25. The van der Waals surface area contributed by atoms with E-state index in [9.17, 15) is 22.8 Å². The lowest BCUT2D eigenvalue weighted by molar-refractivity contribution is -0.274. The van der Waals surface area contributed by atoms with Gasteiger partial charge in [-0.2, -0.15) is 0 Å².